The van der Waals surface area contributed by atoms with E-state index in [4.69, 9.17) is 9.84 Å². The fourth-order valence-electron chi connectivity index (χ4n) is 2.39. The van der Waals surface area contributed by atoms with Crippen LogP contribution >= 0.6 is 0 Å². The Morgan fingerprint density at radius 2 is 2.06 bits per heavy atom. The molecule has 0 amide bonds. The van der Waals surface area contributed by atoms with Crippen molar-refractivity contribution in [2.75, 3.05) is 25.1 Å². The number of anilines is 1. The van der Waals surface area contributed by atoms with Gasteiger partial charge in [-0.05, 0) is 36.6 Å². The standard InChI is InChI=1S/C14H19NO3/c1-10-7-8-15(9-13(10)18-2)12-5-3-11(4-6-12)14(16)17/h3-6,10,13H,7-9H2,1-2H3,(H,16,17). The molecule has 1 aliphatic heterocycles. The Kier molecular flexibility index (Phi) is 3.87. The zero-order valence-corrected chi connectivity index (χ0v) is 10.8. The Hall–Kier alpha value is -1.55. The van der Waals surface area contributed by atoms with Gasteiger partial charge in [-0.1, -0.05) is 6.92 Å². The maximum Gasteiger partial charge on any atom is 0.335 e. The number of benzene rings is 1. The van der Waals surface area contributed by atoms with Crippen molar-refractivity contribution in [1.29, 1.82) is 0 Å². The van der Waals surface area contributed by atoms with Gasteiger partial charge in [0.2, 0.25) is 0 Å². The number of carbonyl (C=O) groups is 1. The van der Waals surface area contributed by atoms with Crippen LogP contribution in [0, 0.1) is 5.92 Å². The summed E-state index contributed by atoms with van der Waals surface area (Å²) in [6.45, 7) is 4.07. The maximum absolute atomic E-state index is 10.8. The molecule has 0 aliphatic carbocycles. The summed E-state index contributed by atoms with van der Waals surface area (Å²) in [7, 11) is 1.75. The Bertz CT molecular complexity index is 416. The lowest BCUT2D eigenvalue weighted by molar-refractivity contribution is 0.0498. The highest BCUT2D eigenvalue weighted by atomic mass is 16.5. The summed E-state index contributed by atoms with van der Waals surface area (Å²) >= 11 is 0. The van der Waals surface area contributed by atoms with Gasteiger partial charge in [0.1, 0.15) is 0 Å². The maximum atomic E-state index is 10.8. The van der Waals surface area contributed by atoms with E-state index in [1.807, 2.05) is 12.1 Å². The number of aromatic carboxylic acids is 1. The first-order chi connectivity index (χ1) is 8.61. The molecule has 2 rings (SSSR count). The van der Waals surface area contributed by atoms with Gasteiger partial charge in [-0.2, -0.15) is 0 Å². The normalized spacial score (nSPS) is 24.0. The van der Waals surface area contributed by atoms with E-state index >= 15 is 0 Å². The quantitative estimate of drug-likeness (QED) is 0.892. The molecular weight excluding hydrogens is 230 g/mol. The summed E-state index contributed by atoms with van der Waals surface area (Å²) in [6.07, 6.45) is 1.34. The average Bonchev–Trinajstić information content (AvgIpc) is 2.39. The minimum absolute atomic E-state index is 0.248. The number of carboxylic acid groups (broad SMARTS) is 1. The SMILES string of the molecule is COC1CN(c2ccc(C(=O)O)cc2)CCC1C. The summed E-state index contributed by atoms with van der Waals surface area (Å²) < 4.78 is 5.48. The zero-order valence-electron chi connectivity index (χ0n) is 10.8. The van der Waals surface area contributed by atoms with Crippen LogP contribution in [-0.4, -0.2) is 37.4 Å². The molecule has 2 atom stereocenters. The lowest BCUT2D eigenvalue weighted by Gasteiger charge is -2.37. The molecule has 2 unspecified atom stereocenters. The van der Waals surface area contributed by atoms with Gasteiger partial charge in [0.25, 0.3) is 0 Å². The summed E-state index contributed by atoms with van der Waals surface area (Å²) in [5.41, 5.74) is 1.39. The molecule has 1 N–H and O–H groups in total. The van der Waals surface area contributed by atoms with Crippen LogP contribution in [0.2, 0.25) is 0 Å². The minimum atomic E-state index is -0.886. The van der Waals surface area contributed by atoms with Crippen molar-refractivity contribution < 1.29 is 14.6 Å². The molecule has 4 nitrogen and oxygen atoms in total. The molecule has 1 aromatic carbocycles. The Morgan fingerprint density at radius 1 is 1.39 bits per heavy atom. The largest absolute Gasteiger partial charge is 0.478 e. The Balaban J connectivity index is 2.09. The molecule has 1 aromatic rings. The molecule has 1 saturated heterocycles. The van der Waals surface area contributed by atoms with Crippen LogP contribution in [0.5, 0.6) is 0 Å². The highest BCUT2D eigenvalue weighted by Gasteiger charge is 2.26. The van der Waals surface area contributed by atoms with E-state index < -0.39 is 5.97 Å². The van der Waals surface area contributed by atoms with Crippen molar-refractivity contribution in [2.24, 2.45) is 5.92 Å². The number of ether oxygens (including phenoxy) is 1. The molecule has 1 aliphatic rings. The number of methoxy groups -OCH3 is 1. The van der Waals surface area contributed by atoms with E-state index in [1.54, 1.807) is 19.2 Å². The first-order valence-electron chi connectivity index (χ1n) is 6.23. The average molecular weight is 249 g/mol. The van der Waals surface area contributed by atoms with E-state index in [0.29, 0.717) is 11.5 Å². The molecule has 0 saturated carbocycles. The molecule has 0 bridgehead atoms. The number of carboxylic acids is 1. The number of rotatable bonds is 3. The molecule has 1 heterocycles. The second-order valence-electron chi connectivity index (χ2n) is 4.84. The van der Waals surface area contributed by atoms with Gasteiger partial charge in [-0.15, -0.1) is 0 Å². The second-order valence-corrected chi connectivity index (χ2v) is 4.84. The van der Waals surface area contributed by atoms with Crippen LogP contribution in [-0.2, 0) is 4.74 Å². The van der Waals surface area contributed by atoms with Gasteiger partial charge >= 0.3 is 5.97 Å². The third-order valence-electron chi connectivity index (χ3n) is 3.67. The molecule has 0 spiro atoms. The van der Waals surface area contributed by atoms with Gasteiger partial charge < -0.3 is 14.7 Å². The molecule has 0 radical (unpaired) electrons. The number of nitrogens with zero attached hydrogens (tertiary/aromatic N) is 1. The molecule has 98 valence electrons. The highest BCUT2D eigenvalue weighted by Crippen LogP contribution is 2.25. The first kappa shape index (κ1) is 12.9. The third kappa shape index (κ3) is 2.64. The Morgan fingerprint density at radius 3 is 2.61 bits per heavy atom. The summed E-state index contributed by atoms with van der Waals surface area (Å²) in [6, 6.07) is 7.04. The smallest absolute Gasteiger partial charge is 0.335 e. The van der Waals surface area contributed by atoms with Crippen LogP contribution in [0.1, 0.15) is 23.7 Å². The lowest BCUT2D eigenvalue weighted by atomic mass is 9.95. The van der Waals surface area contributed by atoms with Crippen LogP contribution in [0.3, 0.4) is 0 Å². The number of piperidine rings is 1. The van der Waals surface area contributed by atoms with E-state index in [9.17, 15) is 4.79 Å². The predicted molar refractivity (Wildman–Crippen MR) is 70.2 cm³/mol. The van der Waals surface area contributed by atoms with E-state index in [1.165, 1.54) is 0 Å². The van der Waals surface area contributed by atoms with Gasteiger partial charge in [0.15, 0.2) is 0 Å². The summed E-state index contributed by atoms with van der Waals surface area (Å²) in [4.78, 5) is 13.0. The van der Waals surface area contributed by atoms with Crippen molar-refractivity contribution >= 4 is 11.7 Å². The van der Waals surface area contributed by atoms with Crippen LogP contribution in [0.4, 0.5) is 5.69 Å². The molecule has 18 heavy (non-hydrogen) atoms. The predicted octanol–water partition coefficient (Wildman–Crippen LogP) is 2.25. The molecular formula is C14H19NO3. The second kappa shape index (κ2) is 5.40. The van der Waals surface area contributed by atoms with Gasteiger partial charge in [0.05, 0.1) is 11.7 Å². The van der Waals surface area contributed by atoms with E-state index in [0.717, 1.165) is 25.2 Å². The van der Waals surface area contributed by atoms with Crippen LogP contribution in [0.15, 0.2) is 24.3 Å². The topological polar surface area (TPSA) is 49.8 Å². The van der Waals surface area contributed by atoms with E-state index in [2.05, 4.69) is 11.8 Å². The summed E-state index contributed by atoms with van der Waals surface area (Å²) in [5.74, 6) is -0.312. The monoisotopic (exact) mass is 249 g/mol. The van der Waals surface area contributed by atoms with Crippen molar-refractivity contribution in [3.63, 3.8) is 0 Å². The van der Waals surface area contributed by atoms with Crippen molar-refractivity contribution in [3.8, 4) is 0 Å². The fourth-order valence-corrected chi connectivity index (χ4v) is 2.39. The first-order valence-corrected chi connectivity index (χ1v) is 6.23. The van der Waals surface area contributed by atoms with Crippen molar-refractivity contribution in [3.05, 3.63) is 29.8 Å². The Labute approximate surface area is 107 Å². The van der Waals surface area contributed by atoms with Crippen molar-refractivity contribution in [2.45, 2.75) is 19.4 Å². The molecule has 4 heteroatoms. The lowest BCUT2D eigenvalue weighted by Crippen LogP contribution is -2.43. The highest BCUT2D eigenvalue weighted by molar-refractivity contribution is 5.88. The van der Waals surface area contributed by atoms with Crippen LogP contribution < -0.4 is 4.90 Å². The summed E-state index contributed by atoms with van der Waals surface area (Å²) in [5, 5.41) is 8.87. The number of hydrogen-bond donors (Lipinski definition) is 1. The fraction of sp³-hybridized carbons (Fsp3) is 0.500. The van der Waals surface area contributed by atoms with Crippen molar-refractivity contribution in [1.82, 2.24) is 0 Å². The van der Waals surface area contributed by atoms with Gasteiger partial charge in [-0.25, -0.2) is 4.79 Å². The van der Waals surface area contributed by atoms with Gasteiger partial charge in [-0.3, -0.25) is 0 Å². The minimum Gasteiger partial charge on any atom is -0.478 e. The van der Waals surface area contributed by atoms with Gasteiger partial charge in [0, 0.05) is 25.9 Å². The van der Waals surface area contributed by atoms with Crippen LogP contribution in [0.25, 0.3) is 0 Å². The molecule has 0 aromatic heterocycles. The zero-order chi connectivity index (χ0) is 13.1. The number of hydrogen-bond acceptors (Lipinski definition) is 3. The molecule has 1 fully saturated rings. The van der Waals surface area contributed by atoms with E-state index in [-0.39, 0.29) is 6.10 Å². The third-order valence-corrected chi connectivity index (χ3v) is 3.67.